The fourth-order valence-corrected chi connectivity index (χ4v) is 5.91. The molecule has 6 heteroatoms. The van der Waals surface area contributed by atoms with Crippen LogP contribution in [0.25, 0.3) is 0 Å². The van der Waals surface area contributed by atoms with Crippen molar-refractivity contribution >= 4 is 11.6 Å². The summed E-state index contributed by atoms with van der Waals surface area (Å²) in [4.78, 5) is 4.94. The van der Waals surface area contributed by atoms with Crippen LogP contribution in [-0.4, -0.2) is 41.5 Å². The number of hydrogen-bond acceptors (Lipinski definition) is 2. The van der Waals surface area contributed by atoms with Crippen molar-refractivity contribution in [1.29, 1.82) is 0 Å². The Morgan fingerprint density at radius 3 is 2.15 bits per heavy atom. The van der Waals surface area contributed by atoms with Gasteiger partial charge in [0, 0.05) is 42.7 Å². The van der Waals surface area contributed by atoms with Crippen LogP contribution >= 0.6 is 11.6 Å². The molecule has 0 N–H and O–H groups in total. The molecule has 2 aliphatic heterocycles. The second-order valence-electron chi connectivity index (χ2n) is 9.40. The van der Waals surface area contributed by atoms with Crippen LogP contribution in [-0.2, 0) is 12.7 Å². The van der Waals surface area contributed by atoms with E-state index in [9.17, 15) is 13.2 Å². The molecule has 0 aliphatic carbocycles. The molecular weight excluding hydrogens is 457 g/mol. The third-order valence-corrected chi connectivity index (χ3v) is 7.60. The molecule has 0 bridgehead atoms. The SMILES string of the molecule is FC(F)(F)c1ccc(Cl)c(CN2CC3CCCN3C(C(c3ccccc3)c3ccccc3)C2)c1. The second-order valence-corrected chi connectivity index (χ2v) is 9.81. The zero-order chi connectivity index (χ0) is 23.7. The Bertz CT molecular complexity index is 1060. The van der Waals surface area contributed by atoms with Crippen molar-refractivity contribution in [1.82, 2.24) is 9.80 Å². The highest BCUT2D eigenvalue weighted by atomic mass is 35.5. The maximum atomic E-state index is 13.3. The smallest absolute Gasteiger partial charge is 0.296 e. The molecule has 3 aromatic carbocycles. The molecule has 2 atom stereocenters. The lowest BCUT2D eigenvalue weighted by molar-refractivity contribution is -0.137. The van der Waals surface area contributed by atoms with Crippen molar-refractivity contribution in [2.75, 3.05) is 19.6 Å². The first-order chi connectivity index (χ1) is 16.4. The van der Waals surface area contributed by atoms with E-state index in [-0.39, 0.29) is 12.0 Å². The molecule has 2 nitrogen and oxygen atoms in total. The van der Waals surface area contributed by atoms with Gasteiger partial charge < -0.3 is 0 Å². The van der Waals surface area contributed by atoms with Gasteiger partial charge in [-0.3, -0.25) is 9.80 Å². The topological polar surface area (TPSA) is 6.48 Å². The van der Waals surface area contributed by atoms with Gasteiger partial charge in [0.15, 0.2) is 0 Å². The van der Waals surface area contributed by atoms with Gasteiger partial charge in [-0.1, -0.05) is 72.3 Å². The Labute approximate surface area is 204 Å². The Hall–Kier alpha value is -2.34. The highest BCUT2D eigenvalue weighted by Gasteiger charge is 2.42. The maximum Gasteiger partial charge on any atom is 0.416 e. The molecule has 0 amide bonds. The van der Waals surface area contributed by atoms with Crippen molar-refractivity contribution in [2.24, 2.45) is 0 Å². The van der Waals surface area contributed by atoms with Crippen LogP contribution in [0.4, 0.5) is 13.2 Å². The highest BCUT2D eigenvalue weighted by Crippen LogP contribution is 2.38. The van der Waals surface area contributed by atoms with Gasteiger partial charge in [0.05, 0.1) is 5.56 Å². The van der Waals surface area contributed by atoms with E-state index in [2.05, 4.69) is 58.3 Å². The molecule has 2 unspecified atom stereocenters. The Morgan fingerprint density at radius 2 is 1.53 bits per heavy atom. The minimum atomic E-state index is -4.38. The normalized spacial score (nSPS) is 21.7. The largest absolute Gasteiger partial charge is 0.416 e. The molecule has 2 heterocycles. The van der Waals surface area contributed by atoms with E-state index in [1.165, 1.54) is 23.3 Å². The molecule has 34 heavy (non-hydrogen) atoms. The molecule has 0 aromatic heterocycles. The summed E-state index contributed by atoms with van der Waals surface area (Å²) in [5, 5.41) is 0.390. The predicted octanol–water partition coefficient (Wildman–Crippen LogP) is 6.84. The van der Waals surface area contributed by atoms with Gasteiger partial charge in [-0.25, -0.2) is 0 Å². The van der Waals surface area contributed by atoms with Crippen molar-refractivity contribution in [3.05, 3.63) is 106 Å². The van der Waals surface area contributed by atoms with Crippen LogP contribution < -0.4 is 0 Å². The van der Waals surface area contributed by atoms with Gasteiger partial charge in [-0.15, -0.1) is 0 Å². The van der Waals surface area contributed by atoms with Crippen molar-refractivity contribution < 1.29 is 13.2 Å². The first kappa shape index (κ1) is 23.4. The summed E-state index contributed by atoms with van der Waals surface area (Å²) in [7, 11) is 0. The molecule has 2 aliphatic rings. The average molecular weight is 485 g/mol. The van der Waals surface area contributed by atoms with E-state index in [0.29, 0.717) is 23.2 Å². The fourth-order valence-electron chi connectivity index (χ4n) is 5.73. The monoisotopic (exact) mass is 484 g/mol. The second kappa shape index (κ2) is 9.73. The van der Waals surface area contributed by atoms with Gasteiger partial charge in [-0.05, 0) is 54.3 Å². The number of benzene rings is 3. The van der Waals surface area contributed by atoms with Crippen LogP contribution in [0, 0.1) is 0 Å². The molecular formula is C28H28ClF3N2. The zero-order valence-corrected chi connectivity index (χ0v) is 19.6. The van der Waals surface area contributed by atoms with Gasteiger partial charge in [0.25, 0.3) is 0 Å². The third-order valence-electron chi connectivity index (χ3n) is 7.23. The maximum absolute atomic E-state index is 13.3. The molecule has 2 saturated heterocycles. The van der Waals surface area contributed by atoms with E-state index in [1.807, 2.05) is 12.1 Å². The van der Waals surface area contributed by atoms with E-state index >= 15 is 0 Å². The number of alkyl halides is 3. The van der Waals surface area contributed by atoms with Gasteiger partial charge in [0.1, 0.15) is 0 Å². The van der Waals surface area contributed by atoms with Crippen molar-refractivity contribution in [3.63, 3.8) is 0 Å². The Morgan fingerprint density at radius 1 is 0.882 bits per heavy atom. The van der Waals surface area contributed by atoms with Gasteiger partial charge in [0.2, 0.25) is 0 Å². The summed E-state index contributed by atoms with van der Waals surface area (Å²) in [5.41, 5.74) is 2.43. The number of halogens is 4. The van der Waals surface area contributed by atoms with Crippen LogP contribution in [0.5, 0.6) is 0 Å². The number of nitrogens with zero attached hydrogens (tertiary/aromatic N) is 2. The van der Waals surface area contributed by atoms with E-state index < -0.39 is 11.7 Å². The third kappa shape index (κ3) is 4.88. The molecule has 0 spiro atoms. The van der Waals surface area contributed by atoms with Crippen LogP contribution in [0.3, 0.4) is 0 Å². The minimum Gasteiger partial charge on any atom is -0.296 e. The predicted molar refractivity (Wildman–Crippen MR) is 130 cm³/mol. The lowest BCUT2D eigenvalue weighted by Gasteiger charge is -2.47. The summed E-state index contributed by atoms with van der Waals surface area (Å²) in [6.07, 6.45) is -2.12. The lowest BCUT2D eigenvalue weighted by atomic mass is 9.82. The van der Waals surface area contributed by atoms with Gasteiger partial charge >= 0.3 is 6.18 Å². The number of rotatable bonds is 5. The molecule has 2 fully saturated rings. The summed E-state index contributed by atoms with van der Waals surface area (Å²) in [6, 6.07) is 25.4. The van der Waals surface area contributed by atoms with Crippen LogP contribution in [0.2, 0.25) is 5.02 Å². The van der Waals surface area contributed by atoms with Crippen LogP contribution in [0.1, 0.15) is 41.0 Å². The first-order valence-electron chi connectivity index (χ1n) is 11.8. The zero-order valence-electron chi connectivity index (χ0n) is 18.9. The summed E-state index contributed by atoms with van der Waals surface area (Å²) in [6.45, 7) is 3.10. The average Bonchev–Trinajstić information content (AvgIpc) is 3.30. The molecule has 0 radical (unpaired) electrons. The standard InChI is InChI=1S/C28H28ClF3N2/c29-25-14-13-23(28(30,31)32)16-22(25)17-33-18-24-12-7-15-34(24)26(19-33)27(20-8-3-1-4-9-20)21-10-5-2-6-11-21/h1-6,8-11,13-14,16,24,26-27H,7,12,15,17-19H2. The number of piperazine rings is 1. The van der Waals surface area contributed by atoms with E-state index in [1.54, 1.807) is 0 Å². The summed E-state index contributed by atoms with van der Waals surface area (Å²) in [5.74, 6) is 0.183. The van der Waals surface area contributed by atoms with Crippen molar-refractivity contribution in [2.45, 2.75) is 43.6 Å². The highest BCUT2D eigenvalue weighted by molar-refractivity contribution is 6.31. The molecule has 0 saturated carbocycles. The minimum absolute atomic E-state index is 0.183. The first-order valence-corrected chi connectivity index (χ1v) is 12.2. The Kier molecular flexibility index (Phi) is 6.70. The van der Waals surface area contributed by atoms with Gasteiger partial charge in [-0.2, -0.15) is 13.2 Å². The van der Waals surface area contributed by atoms with Crippen molar-refractivity contribution in [3.8, 4) is 0 Å². The number of hydrogen-bond donors (Lipinski definition) is 0. The summed E-state index contributed by atoms with van der Waals surface area (Å²) >= 11 is 6.36. The lowest BCUT2D eigenvalue weighted by Crippen LogP contribution is -2.57. The quantitative estimate of drug-likeness (QED) is 0.391. The molecule has 5 rings (SSSR count). The van der Waals surface area contributed by atoms with E-state index in [0.717, 1.165) is 38.5 Å². The fraction of sp³-hybridized carbons (Fsp3) is 0.357. The Balaban J connectivity index is 1.48. The number of fused-ring (bicyclic) bond motifs is 1. The van der Waals surface area contributed by atoms with E-state index in [4.69, 9.17) is 11.6 Å². The molecule has 178 valence electrons. The molecule has 3 aromatic rings. The summed E-state index contributed by atoms with van der Waals surface area (Å²) < 4.78 is 40.0. The van der Waals surface area contributed by atoms with Crippen LogP contribution in [0.15, 0.2) is 78.9 Å².